The van der Waals surface area contributed by atoms with Crippen LogP contribution in [0.15, 0.2) is 35.4 Å². The van der Waals surface area contributed by atoms with Crippen LogP contribution in [0.25, 0.3) is 0 Å². The summed E-state index contributed by atoms with van der Waals surface area (Å²) in [5, 5.41) is 11.4. The van der Waals surface area contributed by atoms with Gasteiger partial charge in [0.2, 0.25) is 5.91 Å². The van der Waals surface area contributed by atoms with E-state index in [1.807, 2.05) is 0 Å². The Bertz CT molecular complexity index is 506. The van der Waals surface area contributed by atoms with Crippen molar-refractivity contribution in [2.24, 2.45) is 0 Å². The van der Waals surface area contributed by atoms with E-state index in [0.29, 0.717) is 13.0 Å². The van der Waals surface area contributed by atoms with Crippen LogP contribution in [0.4, 0.5) is 4.39 Å². The molecular formula is C14H16FNO3. The van der Waals surface area contributed by atoms with Crippen LogP contribution < -0.4 is 5.32 Å². The van der Waals surface area contributed by atoms with Crippen molar-refractivity contribution in [2.45, 2.75) is 20.3 Å². The second kappa shape index (κ2) is 6.68. The maximum absolute atomic E-state index is 12.7. The molecule has 0 heterocycles. The Morgan fingerprint density at radius 3 is 2.26 bits per heavy atom. The lowest BCUT2D eigenvalue weighted by molar-refractivity contribution is -0.133. The average Bonchev–Trinajstić information content (AvgIpc) is 2.39. The minimum atomic E-state index is -1.11. The first kappa shape index (κ1) is 14.9. The van der Waals surface area contributed by atoms with E-state index in [-0.39, 0.29) is 17.0 Å². The number of halogens is 1. The number of carboxylic acids is 1. The molecule has 4 nitrogen and oxygen atoms in total. The molecule has 0 unspecified atom stereocenters. The van der Waals surface area contributed by atoms with E-state index in [2.05, 4.69) is 5.32 Å². The third-order valence-corrected chi connectivity index (χ3v) is 2.84. The summed E-state index contributed by atoms with van der Waals surface area (Å²) in [6.45, 7) is 3.22. The van der Waals surface area contributed by atoms with Crippen LogP contribution in [0.3, 0.4) is 0 Å². The van der Waals surface area contributed by atoms with E-state index in [0.717, 1.165) is 5.56 Å². The fraction of sp³-hybridized carbons (Fsp3) is 0.286. The highest BCUT2D eigenvalue weighted by Crippen LogP contribution is 2.05. The first-order valence-corrected chi connectivity index (χ1v) is 5.85. The van der Waals surface area contributed by atoms with Crippen molar-refractivity contribution < 1.29 is 19.1 Å². The smallest absolute Gasteiger partial charge is 0.331 e. The molecule has 0 bridgehead atoms. The summed E-state index contributed by atoms with van der Waals surface area (Å²) >= 11 is 0. The van der Waals surface area contributed by atoms with Gasteiger partial charge in [0.15, 0.2) is 0 Å². The van der Waals surface area contributed by atoms with Gasteiger partial charge < -0.3 is 10.4 Å². The number of carbonyl (C=O) groups excluding carboxylic acids is 1. The monoisotopic (exact) mass is 265 g/mol. The van der Waals surface area contributed by atoms with Crippen LogP contribution in [0.2, 0.25) is 0 Å². The summed E-state index contributed by atoms with van der Waals surface area (Å²) in [4.78, 5) is 22.3. The quantitative estimate of drug-likeness (QED) is 0.799. The zero-order valence-corrected chi connectivity index (χ0v) is 10.9. The fourth-order valence-corrected chi connectivity index (χ4v) is 1.43. The minimum absolute atomic E-state index is 0.0271. The fourth-order valence-electron chi connectivity index (χ4n) is 1.43. The third kappa shape index (κ3) is 4.54. The molecule has 0 aliphatic rings. The van der Waals surface area contributed by atoms with E-state index in [1.54, 1.807) is 12.1 Å². The van der Waals surface area contributed by atoms with Crippen molar-refractivity contribution >= 4 is 11.9 Å². The Balaban J connectivity index is 2.49. The van der Waals surface area contributed by atoms with E-state index < -0.39 is 11.9 Å². The predicted molar refractivity (Wildman–Crippen MR) is 69.1 cm³/mol. The van der Waals surface area contributed by atoms with Crippen LogP contribution >= 0.6 is 0 Å². The lowest BCUT2D eigenvalue weighted by atomic mass is 10.1. The van der Waals surface area contributed by atoms with E-state index in [4.69, 9.17) is 5.11 Å². The summed E-state index contributed by atoms with van der Waals surface area (Å²) in [6.07, 6.45) is 0.561. The van der Waals surface area contributed by atoms with Crippen molar-refractivity contribution in [1.29, 1.82) is 0 Å². The van der Waals surface area contributed by atoms with E-state index in [1.165, 1.54) is 26.0 Å². The van der Waals surface area contributed by atoms with Gasteiger partial charge >= 0.3 is 5.97 Å². The molecule has 0 radical (unpaired) electrons. The van der Waals surface area contributed by atoms with Gasteiger partial charge in [-0.25, -0.2) is 9.18 Å². The topological polar surface area (TPSA) is 66.4 Å². The van der Waals surface area contributed by atoms with Crippen molar-refractivity contribution in [2.75, 3.05) is 6.54 Å². The molecule has 0 atom stereocenters. The van der Waals surface area contributed by atoms with Gasteiger partial charge in [-0.1, -0.05) is 12.1 Å². The number of carboxylic acid groups (broad SMARTS) is 1. The summed E-state index contributed by atoms with van der Waals surface area (Å²) < 4.78 is 12.7. The van der Waals surface area contributed by atoms with Gasteiger partial charge in [-0.2, -0.15) is 0 Å². The number of rotatable bonds is 5. The zero-order valence-electron chi connectivity index (χ0n) is 10.9. The van der Waals surface area contributed by atoms with Gasteiger partial charge in [-0.3, -0.25) is 4.79 Å². The lowest BCUT2D eigenvalue weighted by Crippen LogP contribution is -2.27. The molecule has 1 rings (SSSR count). The van der Waals surface area contributed by atoms with E-state index in [9.17, 15) is 14.0 Å². The molecule has 0 spiro atoms. The molecule has 0 saturated heterocycles. The van der Waals surface area contributed by atoms with Gasteiger partial charge in [0.1, 0.15) is 5.82 Å². The maximum atomic E-state index is 12.7. The van der Waals surface area contributed by atoms with Crippen LogP contribution in [0.1, 0.15) is 19.4 Å². The second-order valence-corrected chi connectivity index (χ2v) is 4.19. The van der Waals surface area contributed by atoms with Crippen LogP contribution in [-0.2, 0) is 16.0 Å². The highest BCUT2D eigenvalue weighted by atomic mass is 19.1. The lowest BCUT2D eigenvalue weighted by Gasteiger charge is -2.07. The number of amides is 1. The Labute approximate surface area is 110 Å². The molecule has 19 heavy (non-hydrogen) atoms. The van der Waals surface area contributed by atoms with Gasteiger partial charge in [0, 0.05) is 17.7 Å². The van der Waals surface area contributed by atoms with Crippen molar-refractivity contribution in [1.82, 2.24) is 5.32 Å². The molecule has 1 aromatic carbocycles. The van der Waals surface area contributed by atoms with Crippen molar-refractivity contribution in [3.63, 3.8) is 0 Å². The summed E-state index contributed by atoms with van der Waals surface area (Å²) in [5.74, 6) is -1.81. The number of carbonyl (C=O) groups is 2. The molecule has 1 aromatic rings. The highest BCUT2D eigenvalue weighted by Gasteiger charge is 2.11. The number of hydrogen-bond donors (Lipinski definition) is 2. The second-order valence-electron chi connectivity index (χ2n) is 4.19. The molecule has 5 heteroatoms. The highest BCUT2D eigenvalue weighted by molar-refractivity contribution is 6.01. The van der Waals surface area contributed by atoms with E-state index >= 15 is 0 Å². The number of hydrogen-bond acceptors (Lipinski definition) is 2. The van der Waals surface area contributed by atoms with Gasteiger partial charge in [0.05, 0.1) is 0 Å². The third-order valence-electron chi connectivity index (χ3n) is 2.84. The Hall–Kier alpha value is -2.17. The molecule has 0 saturated carbocycles. The summed E-state index contributed by atoms with van der Waals surface area (Å²) in [5.41, 5.74) is 1.11. The summed E-state index contributed by atoms with van der Waals surface area (Å²) in [6, 6.07) is 6.01. The molecule has 0 aliphatic heterocycles. The Kier molecular flexibility index (Phi) is 5.23. The standard InChI is InChI=1S/C14H16FNO3/c1-9(10(2)14(18)19)13(17)16-8-7-11-3-5-12(15)6-4-11/h3-6H,7-8H2,1-2H3,(H,16,17)(H,18,19). The zero-order chi connectivity index (χ0) is 14.4. The maximum Gasteiger partial charge on any atom is 0.331 e. The molecule has 2 N–H and O–H groups in total. The predicted octanol–water partition coefficient (Wildman–Crippen LogP) is 1.91. The van der Waals surface area contributed by atoms with Gasteiger partial charge in [-0.15, -0.1) is 0 Å². The number of aliphatic carboxylic acids is 1. The minimum Gasteiger partial charge on any atom is -0.478 e. The van der Waals surface area contributed by atoms with Crippen molar-refractivity contribution in [3.05, 3.63) is 46.8 Å². The van der Waals surface area contributed by atoms with Crippen LogP contribution in [0.5, 0.6) is 0 Å². The Morgan fingerprint density at radius 1 is 1.16 bits per heavy atom. The SMILES string of the molecule is CC(C(=O)O)=C(C)C(=O)NCCc1ccc(F)cc1. The molecule has 0 aliphatic carbocycles. The van der Waals surface area contributed by atoms with Gasteiger partial charge in [0.25, 0.3) is 0 Å². The average molecular weight is 265 g/mol. The largest absolute Gasteiger partial charge is 0.478 e. The normalized spacial score (nSPS) is 11.7. The molecular weight excluding hydrogens is 249 g/mol. The number of benzene rings is 1. The van der Waals surface area contributed by atoms with Crippen LogP contribution in [-0.4, -0.2) is 23.5 Å². The van der Waals surface area contributed by atoms with Gasteiger partial charge in [-0.05, 0) is 38.0 Å². The first-order chi connectivity index (χ1) is 8.91. The molecule has 0 aromatic heterocycles. The van der Waals surface area contributed by atoms with Crippen LogP contribution in [0, 0.1) is 5.82 Å². The molecule has 0 fully saturated rings. The molecule has 1 amide bonds. The first-order valence-electron chi connectivity index (χ1n) is 5.85. The summed E-state index contributed by atoms with van der Waals surface area (Å²) in [7, 11) is 0. The molecule has 102 valence electrons. The Morgan fingerprint density at radius 2 is 1.74 bits per heavy atom. The number of nitrogens with one attached hydrogen (secondary N) is 1. The van der Waals surface area contributed by atoms with Crippen molar-refractivity contribution in [3.8, 4) is 0 Å².